The third-order valence-electron chi connectivity index (χ3n) is 3.16. The van der Waals surface area contributed by atoms with Crippen LogP contribution in [-0.4, -0.2) is 14.7 Å². The second kappa shape index (κ2) is 5.17. The van der Waals surface area contributed by atoms with Crippen LogP contribution in [0.15, 0.2) is 0 Å². The normalized spacial score (nSPS) is 17.3. The van der Waals surface area contributed by atoms with E-state index in [2.05, 4.69) is 5.10 Å². The molecule has 1 aromatic heterocycles. The highest BCUT2D eigenvalue weighted by molar-refractivity contribution is 6.31. The Morgan fingerprint density at radius 1 is 1.39 bits per heavy atom. The van der Waals surface area contributed by atoms with E-state index < -0.39 is 22.7 Å². The Bertz CT molecular complexity index is 458. The molecule has 2 rings (SSSR count). The number of hydrogen-bond acceptors (Lipinski definition) is 3. The van der Waals surface area contributed by atoms with Crippen LogP contribution in [0.4, 0.5) is 14.5 Å². The lowest BCUT2D eigenvalue weighted by Crippen LogP contribution is -2.14. The fourth-order valence-corrected chi connectivity index (χ4v) is 2.65. The summed E-state index contributed by atoms with van der Waals surface area (Å²) in [4.78, 5) is 9.88. The first kappa shape index (κ1) is 13.2. The van der Waals surface area contributed by atoms with Gasteiger partial charge >= 0.3 is 5.69 Å². The van der Waals surface area contributed by atoms with Crippen LogP contribution in [0, 0.1) is 10.1 Å². The van der Waals surface area contributed by atoms with Gasteiger partial charge in [0.1, 0.15) is 0 Å². The van der Waals surface area contributed by atoms with Gasteiger partial charge in [-0.05, 0) is 12.8 Å². The van der Waals surface area contributed by atoms with E-state index in [4.69, 9.17) is 11.6 Å². The van der Waals surface area contributed by atoms with E-state index in [9.17, 15) is 18.9 Å². The van der Waals surface area contributed by atoms with Gasteiger partial charge in [-0.3, -0.25) is 10.1 Å². The third-order valence-corrected chi connectivity index (χ3v) is 3.52. The van der Waals surface area contributed by atoms with Crippen LogP contribution in [0.1, 0.15) is 50.3 Å². The molecule has 1 aromatic rings. The van der Waals surface area contributed by atoms with Gasteiger partial charge in [0.25, 0.3) is 6.43 Å². The number of nitrogens with zero attached hydrogens (tertiary/aromatic N) is 3. The molecule has 1 fully saturated rings. The van der Waals surface area contributed by atoms with E-state index in [-0.39, 0.29) is 11.2 Å². The summed E-state index contributed by atoms with van der Waals surface area (Å²) in [5.41, 5.74) is -1.60. The van der Waals surface area contributed by atoms with Crippen LogP contribution < -0.4 is 0 Å². The van der Waals surface area contributed by atoms with Crippen molar-refractivity contribution in [1.29, 1.82) is 0 Å². The molecule has 0 aliphatic heterocycles. The molecule has 1 aliphatic rings. The molecule has 0 N–H and O–H groups in total. The van der Waals surface area contributed by atoms with Gasteiger partial charge < -0.3 is 0 Å². The minimum atomic E-state index is -2.99. The topological polar surface area (TPSA) is 61.0 Å². The van der Waals surface area contributed by atoms with Crippen molar-refractivity contribution in [1.82, 2.24) is 9.78 Å². The van der Waals surface area contributed by atoms with Crippen LogP contribution in [-0.2, 0) is 0 Å². The maximum atomic E-state index is 12.7. The summed E-state index contributed by atoms with van der Waals surface area (Å²) in [5.74, 6) is 0. The Balaban J connectivity index is 2.42. The van der Waals surface area contributed by atoms with E-state index >= 15 is 0 Å². The molecular formula is C10H12ClF2N3O2. The first-order valence-corrected chi connectivity index (χ1v) is 6.10. The van der Waals surface area contributed by atoms with Crippen molar-refractivity contribution in [2.75, 3.05) is 0 Å². The van der Waals surface area contributed by atoms with Gasteiger partial charge in [0, 0.05) is 0 Å². The van der Waals surface area contributed by atoms with Crippen LogP contribution in [0.2, 0.25) is 5.15 Å². The highest BCUT2D eigenvalue weighted by atomic mass is 35.5. The summed E-state index contributed by atoms with van der Waals surface area (Å²) < 4.78 is 26.6. The van der Waals surface area contributed by atoms with Crippen molar-refractivity contribution in [3.05, 3.63) is 21.0 Å². The Morgan fingerprint density at radius 3 is 2.44 bits per heavy atom. The van der Waals surface area contributed by atoms with Crippen molar-refractivity contribution in [2.24, 2.45) is 0 Å². The molecule has 8 heteroatoms. The van der Waals surface area contributed by atoms with E-state index in [0.717, 1.165) is 32.1 Å². The number of nitro groups is 1. The first-order valence-electron chi connectivity index (χ1n) is 5.72. The molecule has 1 saturated carbocycles. The summed E-state index contributed by atoms with van der Waals surface area (Å²) in [5, 5.41) is 14.1. The van der Waals surface area contributed by atoms with Crippen molar-refractivity contribution in [3.8, 4) is 0 Å². The molecule has 5 nitrogen and oxygen atoms in total. The van der Waals surface area contributed by atoms with Gasteiger partial charge in [-0.1, -0.05) is 30.9 Å². The summed E-state index contributed by atoms with van der Waals surface area (Å²) in [6.45, 7) is 0. The smallest absolute Gasteiger partial charge is 0.258 e. The van der Waals surface area contributed by atoms with Gasteiger partial charge in [-0.2, -0.15) is 5.10 Å². The quantitative estimate of drug-likeness (QED) is 0.623. The van der Waals surface area contributed by atoms with Gasteiger partial charge in [0.15, 0.2) is 0 Å². The fraction of sp³-hybridized carbons (Fsp3) is 0.700. The van der Waals surface area contributed by atoms with Gasteiger partial charge in [-0.25, -0.2) is 13.5 Å². The molecule has 0 spiro atoms. The lowest BCUT2D eigenvalue weighted by atomic mass is 9.96. The molecule has 0 atom stereocenters. The summed E-state index contributed by atoms with van der Waals surface area (Å²) in [7, 11) is 0. The predicted molar refractivity (Wildman–Crippen MR) is 61.0 cm³/mol. The zero-order valence-corrected chi connectivity index (χ0v) is 10.2. The molecular weight excluding hydrogens is 268 g/mol. The number of hydrogen-bond donors (Lipinski definition) is 0. The Labute approximate surface area is 107 Å². The summed E-state index contributed by atoms with van der Waals surface area (Å²) >= 11 is 5.83. The van der Waals surface area contributed by atoms with Gasteiger partial charge in [-0.15, -0.1) is 0 Å². The standard InChI is InChI=1S/C10H12ClF2N3O2/c11-9-8(16(17)18)7(10(12)13)14-15(9)6-4-2-1-3-5-6/h6,10H,1-5H2. The molecule has 0 saturated heterocycles. The fourth-order valence-electron chi connectivity index (χ4n) is 2.30. The SMILES string of the molecule is O=[N+]([O-])c1c(C(F)F)nn(C2CCCCC2)c1Cl. The van der Waals surface area contributed by atoms with Gasteiger partial charge in [0.05, 0.1) is 11.0 Å². The van der Waals surface area contributed by atoms with Crippen LogP contribution in [0.25, 0.3) is 0 Å². The highest BCUT2D eigenvalue weighted by Crippen LogP contribution is 2.39. The van der Waals surface area contributed by atoms with E-state index in [1.807, 2.05) is 0 Å². The minimum absolute atomic E-state index is 0.113. The van der Waals surface area contributed by atoms with Crippen LogP contribution >= 0.6 is 11.6 Å². The summed E-state index contributed by atoms with van der Waals surface area (Å²) in [6, 6.07) is -0.113. The van der Waals surface area contributed by atoms with Crippen LogP contribution in [0.5, 0.6) is 0 Å². The first-order chi connectivity index (χ1) is 8.52. The lowest BCUT2D eigenvalue weighted by Gasteiger charge is -2.22. The molecule has 0 radical (unpaired) electrons. The number of rotatable bonds is 3. The second-order valence-electron chi connectivity index (χ2n) is 4.32. The zero-order valence-electron chi connectivity index (χ0n) is 9.48. The largest absolute Gasteiger partial charge is 0.335 e. The molecule has 0 aromatic carbocycles. The lowest BCUT2D eigenvalue weighted by molar-refractivity contribution is -0.386. The monoisotopic (exact) mass is 279 g/mol. The Morgan fingerprint density at radius 2 is 2.00 bits per heavy atom. The molecule has 1 heterocycles. The maximum Gasteiger partial charge on any atom is 0.335 e. The van der Waals surface area contributed by atoms with Crippen molar-refractivity contribution < 1.29 is 13.7 Å². The van der Waals surface area contributed by atoms with Crippen molar-refractivity contribution >= 4 is 17.3 Å². The number of aromatic nitrogens is 2. The predicted octanol–water partition coefficient (Wildman–Crippen LogP) is 3.89. The minimum Gasteiger partial charge on any atom is -0.258 e. The van der Waals surface area contributed by atoms with Crippen molar-refractivity contribution in [2.45, 2.75) is 44.6 Å². The highest BCUT2D eigenvalue weighted by Gasteiger charge is 2.34. The number of alkyl halides is 2. The summed E-state index contributed by atoms with van der Waals surface area (Å²) in [6.07, 6.45) is 1.53. The Hall–Kier alpha value is -1.24. The molecule has 1 aliphatic carbocycles. The molecule has 0 bridgehead atoms. The zero-order chi connectivity index (χ0) is 13.3. The van der Waals surface area contributed by atoms with Crippen molar-refractivity contribution in [3.63, 3.8) is 0 Å². The molecule has 0 amide bonds. The molecule has 100 valence electrons. The molecule has 18 heavy (non-hydrogen) atoms. The average molecular weight is 280 g/mol. The second-order valence-corrected chi connectivity index (χ2v) is 4.68. The third kappa shape index (κ3) is 2.31. The Kier molecular flexibility index (Phi) is 3.79. The molecule has 0 unspecified atom stereocenters. The van der Waals surface area contributed by atoms with E-state index in [1.54, 1.807) is 0 Å². The number of halogens is 3. The maximum absolute atomic E-state index is 12.7. The van der Waals surface area contributed by atoms with E-state index in [1.165, 1.54) is 4.68 Å². The van der Waals surface area contributed by atoms with Crippen LogP contribution in [0.3, 0.4) is 0 Å². The van der Waals surface area contributed by atoms with E-state index in [0.29, 0.717) is 0 Å². The average Bonchev–Trinajstić information content (AvgIpc) is 2.68. The van der Waals surface area contributed by atoms with Gasteiger partial charge in [0.2, 0.25) is 10.8 Å².